The Morgan fingerprint density at radius 1 is 0.966 bits per heavy atom. The maximum absolute atomic E-state index is 12.0. The summed E-state index contributed by atoms with van der Waals surface area (Å²) < 4.78 is 72.2. The normalized spacial score (nSPS) is 14.9. The maximum Gasteiger partial charge on any atom is 0.511 e. The molecule has 12 nitrogen and oxygen atoms in total. The van der Waals surface area contributed by atoms with E-state index in [0.717, 1.165) is 0 Å². The van der Waals surface area contributed by atoms with Crippen molar-refractivity contribution in [2.75, 3.05) is 18.1 Å². The van der Waals surface area contributed by atoms with Crippen molar-refractivity contribution in [3.05, 3.63) is 0 Å². The molecule has 0 saturated heterocycles. The van der Waals surface area contributed by atoms with Crippen LogP contribution in [0.5, 0.6) is 0 Å². The van der Waals surface area contributed by atoms with Crippen LogP contribution in [0.1, 0.15) is 41.0 Å². The van der Waals surface area contributed by atoms with E-state index in [1.165, 1.54) is 20.8 Å². The van der Waals surface area contributed by atoms with Crippen LogP contribution in [0.3, 0.4) is 0 Å². The van der Waals surface area contributed by atoms with Crippen molar-refractivity contribution in [1.29, 1.82) is 0 Å². The minimum atomic E-state index is -4.31. The second-order valence-electron chi connectivity index (χ2n) is 7.09. The molecule has 0 amide bonds. The fraction of sp³-hybridized carbons (Fsp3) is 0.867. The predicted molar refractivity (Wildman–Crippen MR) is 98.8 cm³/mol. The van der Waals surface area contributed by atoms with Crippen molar-refractivity contribution in [2.45, 2.75) is 59.5 Å². The Hall–Kier alpha value is -1.48. The third-order valence-electron chi connectivity index (χ3n) is 3.25. The van der Waals surface area contributed by atoms with Crippen LogP contribution in [0.2, 0.25) is 0 Å². The first-order chi connectivity index (χ1) is 12.9. The van der Waals surface area contributed by atoms with Crippen molar-refractivity contribution in [3.8, 4) is 0 Å². The summed E-state index contributed by atoms with van der Waals surface area (Å²) in [5, 5.41) is 10.1. The van der Waals surface area contributed by atoms with Gasteiger partial charge in [-0.05, 0) is 20.3 Å². The Balaban J connectivity index is 4.66. The molecule has 0 rings (SSSR count). The van der Waals surface area contributed by atoms with Crippen molar-refractivity contribution >= 4 is 32.4 Å². The lowest BCUT2D eigenvalue weighted by Gasteiger charge is -2.29. The summed E-state index contributed by atoms with van der Waals surface area (Å²) in [4.78, 5) is 23.3. The van der Waals surface area contributed by atoms with Gasteiger partial charge in [-0.1, -0.05) is 13.8 Å². The SMILES string of the molecule is CC(C)OC(=O)OC(C)OC(=O)[C@H](O)C(C)(C)COS(=O)(=O)CCCS(=O)(=O)O. The Labute approximate surface area is 170 Å². The van der Waals surface area contributed by atoms with Crippen LogP contribution in [-0.4, -0.2) is 75.2 Å². The monoisotopic (exact) mass is 464 g/mol. The summed E-state index contributed by atoms with van der Waals surface area (Å²) in [6.45, 7) is 6.41. The molecule has 2 N–H and O–H groups in total. The molecule has 14 heteroatoms. The maximum atomic E-state index is 12.0. The van der Waals surface area contributed by atoms with Crippen LogP contribution in [0, 0.1) is 5.41 Å². The van der Waals surface area contributed by atoms with E-state index in [-0.39, 0.29) is 0 Å². The number of ether oxygens (including phenoxy) is 3. The van der Waals surface area contributed by atoms with Crippen molar-refractivity contribution in [3.63, 3.8) is 0 Å². The number of carbonyl (C=O) groups excluding carboxylic acids is 2. The summed E-state index contributed by atoms with van der Waals surface area (Å²) in [6, 6.07) is 0. The van der Waals surface area contributed by atoms with E-state index >= 15 is 0 Å². The first-order valence-corrected chi connectivity index (χ1v) is 11.7. The van der Waals surface area contributed by atoms with Crippen LogP contribution in [0.4, 0.5) is 4.79 Å². The van der Waals surface area contributed by atoms with E-state index in [4.69, 9.17) is 18.2 Å². The Morgan fingerprint density at radius 3 is 2.00 bits per heavy atom. The number of hydrogen-bond donors (Lipinski definition) is 2. The number of hydrogen-bond acceptors (Lipinski definition) is 11. The standard InChI is InChI=1S/C15H28O12S2/c1-10(2)25-14(18)27-11(3)26-13(17)12(16)15(4,5)9-24-29(22,23)8-6-7-28(19,20)21/h10-12,16H,6-9H2,1-5H3,(H,19,20,21)/t11?,12-/m0/s1. The van der Waals surface area contributed by atoms with Gasteiger partial charge in [-0.2, -0.15) is 16.8 Å². The fourth-order valence-electron chi connectivity index (χ4n) is 1.72. The van der Waals surface area contributed by atoms with E-state index in [2.05, 4.69) is 4.74 Å². The topological polar surface area (TPSA) is 180 Å². The van der Waals surface area contributed by atoms with Gasteiger partial charge in [-0.3, -0.25) is 8.74 Å². The second-order valence-corrected chi connectivity index (χ2v) is 10.4. The Morgan fingerprint density at radius 2 is 1.52 bits per heavy atom. The molecule has 0 radical (unpaired) electrons. The molecule has 0 fully saturated rings. The quantitative estimate of drug-likeness (QED) is 0.176. The third kappa shape index (κ3) is 12.6. The van der Waals surface area contributed by atoms with Gasteiger partial charge < -0.3 is 19.3 Å². The van der Waals surface area contributed by atoms with Gasteiger partial charge in [0.1, 0.15) is 0 Å². The van der Waals surface area contributed by atoms with Gasteiger partial charge in [0, 0.05) is 12.3 Å². The lowest BCUT2D eigenvalue weighted by molar-refractivity contribution is -0.184. The van der Waals surface area contributed by atoms with Gasteiger partial charge in [0.25, 0.3) is 20.2 Å². The van der Waals surface area contributed by atoms with E-state index in [1.807, 2.05) is 0 Å². The lowest BCUT2D eigenvalue weighted by atomic mass is 9.88. The number of aliphatic hydroxyl groups is 1. The molecule has 0 aliphatic rings. The van der Waals surface area contributed by atoms with Gasteiger partial charge >= 0.3 is 12.1 Å². The first-order valence-electron chi connectivity index (χ1n) is 8.53. The van der Waals surface area contributed by atoms with Crippen LogP contribution < -0.4 is 0 Å². The summed E-state index contributed by atoms with van der Waals surface area (Å²) >= 11 is 0. The van der Waals surface area contributed by atoms with E-state index in [9.17, 15) is 31.5 Å². The number of aliphatic hydroxyl groups excluding tert-OH is 1. The van der Waals surface area contributed by atoms with Crippen molar-refractivity contribution in [1.82, 2.24) is 0 Å². The number of carbonyl (C=O) groups is 2. The highest BCUT2D eigenvalue weighted by Crippen LogP contribution is 2.24. The minimum absolute atomic E-state index is 0.395. The van der Waals surface area contributed by atoms with Crippen LogP contribution in [0.25, 0.3) is 0 Å². The average molecular weight is 465 g/mol. The molecule has 29 heavy (non-hydrogen) atoms. The van der Waals surface area contributed by atoms with Crippen LogP contribution in [0.15, 0.2) is 0 Å². The van der Waals surface area contributed by atoms with E-state index < -0.39 is 80.8 Å². The minimum Gasteiger partial charge on any atom is -0.431 e. The zero-order valence-electron chi connectivity index (χ0n) is 16.9. The average Bonchev–Trinajstić information content (AvgIpc) is 2.49. The van der Waals surface area contributed by atoms with Gasteiger partial charge in [-0.25, -0.2) is 9.59 Å². The summed E-state index contributed by atoms with van der Waals surface area (Å²) in [5.74, 6) is -2.63. The van der Waals surface area contributed by atoms with E-state index in [0.29, 0.717) is 0 Å². The molecular weight excluding hydrogens is 436 g/mol. The molecule has 0 aromatic heterocycles. The highest BCUT2D eigenvalue weighted by atomic mass is 32.2. The lowest BCUT2D eigenvalue weighted by Crippen LogP contribution is -2.43. The molecule has 0 spiro atoms. The van der Waals surface area contributed by atoms with Crippen molar-refractivity contribution in [2.24, 2.45) is 5.41 Å². The smallest absolute Gasteiger partial charge is 0.431 e. The molecule has 0 aromatic rings. The zero-order chi connectivity index (χ0) is 23.0. The molecule has 0 aromatic carbocycles. The molecule has 2 atom stereocenters. The third-order valence-corrected chi connectivity index (χ3v) is 5.32. The Kier molecular flexibility index (Phi) is 10.5. The van der Waals surface area contributed by atoms with E-state index in [1.54, 1.807) is 13.8 Å². The molecule has 0 aliphatic carbocycles. The first kappa shape index (κ1) is 27.5. The number of esters is 1. The van der Waals surface area contributed by atoms with Gasteiger partial charge in [-0.15, -0.1) is 0 Å². The van der Waals surface area contributed by atoms with Crippen LogP contribution in [-0.2, 0) is 43.4 Å². The van der Waals surface area contributed by atoms with Gasteiger partial charge in [0.05, 0.1) is 24.2 Å². The molecular formula is C15H28O12S2. The fourth-order valence-corrected chi connectivity index (χ4v) is 3.52. The Bertz CT molecular complexity index is 754. The summed E-state index contributed by atoms with van der Waals surface area (Å²) in [5.41, 5.74) is -1.43. The van der Waals surface area contributed by atoms with Crippen molar-refractivity contribution < 1.29 is 54.5 Å². The molecule has 0 saturated carbocycles. The molecule has 0 heterocycles. The molecule has 1 unspecified atom stereocenters. The van der Waals surface area contributed by atoms with Gasteiger partial charge in [0.15, 0.2) is 6.10 Å². The number of rotatable bonds is 12. The highest BCUT2D eigenvalue weighted by Gasteiger charge is 2.37. The van der Waals surface area contributed by atoms with Gasteiger partial charge in [0.2, 0.25) is 6.29 Å². The highest BCUT2D eigenvalue weighted by molar-refractivity contribution is 7.87. The molecule has 0 aliphatic heterocycles. The summed E-state index contributed by atoms with van der Waals surface area (Å²) in [6.07, 6.45) is -5.13. The van der Waals surface area contributed by atoms with Crippen LogP contribution >= 0.6 is 0 Å². The molecule has 172 valence electrons. The molecule has 0 bridgehead atoms. The zero-order valence-corrected chi connectivity index (χ0v) is 18.5. The second kappa shape index (κ2) is 11.1. The predicted octanol–water partition coefficient (Wildman–Crippen LogP) is 0.449. The summed E-state index contributed by atoms with van der Waals surface area (Å²) in [7, 11) is -8.48. The largest absolute Gasteiger partial charge is 0.511 e.